The van der Waals surface area contributed by atoms with Crippen LogP contribution in [0.1, 0.15) is 23.9 Å². The number of aromatic nitrogens is 1. The summed E-state index contributed by atoms with van der Waals surface area (Å²) in [5, 5.41) is 2.89. The van der Waals surface area contributed by atoms with Crippen molar-refractivity contribution in [3.8, 4) is 0 Å². The van der Waals surface area contributed by atoms with Gasteiger partial charge in [0.2, 0.25) is 0 Å². The quantitative estimate of drug-likeness (QED) is 0.834. The van der Waals surface area contributed by atoms with E-state index >= 15 is 0 Å². The van der Waals surface area contributed by atoms with E-state index in [4.69, 9.17) is 4.74 Å². The van der Waals surface area contributed by atoms with Crippen molar-refractivity contribution < 1.29 is 9.53 Å². The SMILES string of the molecule is CO[C@H](C)CCNC(=O)N(C)CCc1scnc1C. The molecule has 1 heterocycles. The van der Waals surface area contributed by atoms with Crippen molar-refractivity contribution in [2.24, 2.45) is 0 Å². The summed E-state index contributed by atoms with van der Waals surface area (Å²) < 4.78 is 5.13. The van der Waals surface area contributed by atoms with Crippen LogP contribution in [0.25, 0.3) is 0 Å². The summed E-state index contributed by atoms with van der Waals surface area (Å²) >= 11 is 1.64. The lowest BCUT2D eigenvalue weighted by molar-refractivity contribution is 0.111. The van der Waals surface area contributed by atoms with Crippen LogP contribution in [0.5, 0.6) is 0 Å². The fourth-order valence-electron chi connectivity index (χ4n) is 1.57. The first kappa shape index (κ1) is 15.9. The highest BCUT2D eigenvalue weighted by Gasteiger charge is 2.10. The first-order valence-corrected chi connectivity index (χ1v) is 7.33. The van der Waals surface area contributed by atoms with Crippen molar-refractivity contribution in [3.63, 3.8) is 0 Å². The summed E-state index contributed by atoms with van der Waals surface area (Å²) in [6, 6.07) is -0.0366. The Morgan fingerprint density at radius 3 is 2.95 bits per heavy atom. The summed E-state index contributed by atoms with van der Waals surface area (Å²) in [5.41, 5.74) is 2.91. The third-order valence-corrected chi connectivity index (χ3v) is 4.09. The van der Waals surface area contributed by atoms with Crippen LogP contribution in [0.3, 0.4) is 0 Å². The number of carbonyl (C=O) groups excluding carboxylic acids is 1. The zero-order valence-electron chi connectivity index (χ0n) is 12.1. The Balaban J connectivity index is 2.23. The van der Waals surface area contributed by atoms with Gasteiger partial charge in [-0.15, -0.1) is 11.3 Å². The molecule has 1 aromatic rings. The van der Waals surface area contributed by atoms with Gasteiger partial charge in [-0.05, 0) is 20.3 Å². The van der Waals surface area contributed by atoms with Gasteiger partial charge in [0.1, 0.15) is 0 Å². The molecule has 19 heavy (non-hydrogen) atoms. The Labute approximate surface area is 119 Å². The molecule has 0 spiro atoms. The molecular weight excluding hydrogens is 262 g/mol. The lowest BCUT2D eigenvalue weighted by atomic mass is 10.3. The van der Waals surface area contributed by atoms with Crippen molar-refractivity contribution >= 4 is 17.4 Å². The maximum absolute atomic E-state index is 11.8. The van der Waals surface area contributed by atoms with E-state index in [1.165, 1.54) is 4.88 Å². The molecule has 1 aromatic heterocycles. The van der Waals surface area contributed by atoms with Gasteiger partial charge >= 0.3 is 6.03 Å². The Morgan fingerprint density at radius 2 is 2.37 bits per heavy atom. The molecule has 0 unspecified atom stereocenters. The molecule has 0 bridgehead atoms. The van der Waals surface area contributed by atoms with Gasteiger partial charge in [-0.1, -0.05) is 0 Å². The van der Waals surface area contributed by atoms with E-state index in [1.807, 2.05) is 26.4 Å². The van der Waals surface area contributed by atoms with Gasteiger partial charge in [-0.3, -0.25) is 0 Å². The number of amides is 2. The molecule has 5 nitrogen and oxygen atoms in total. The van der Waals surface area contributed by atoms with Crippen LogP contribution < -0.4 is 5.32 Å². The van der Waals surface area contributed by atoms with Crippen molar-refractivity contribution in [1.82, 2.24) is 15.2 Å². The first-order valence-electron chi connectivity index (χ1n) is 6.45. The van der Waals surface area contributed by atoms with Crippen LogP contribution in [-0.2, 0) is 11.2 Å². The minimum absolute atomic E-state index is 0.0366. The lowest BCUT2D eigenvalue weighted by Crippen LogP contribution is -2.39. The summed E-state index contributed by atoms with van der Waals surface area (Å²) in [6.45, 7) is 5.33. The second-order valence-electron chi connectivity index (χ2n) is 4.60. The number of methoxy groups -OCH3 is 1. The van der Waals surface area contributed by atoms with E-state index < -0.39 is 0 Å². The molecule has 0 aromatic carbocycles. The minimum atomic E-state index is -0.0366. The Hall–Kier alpha value is -1.14. The minimum Gasteiger partial charge on any atom is -0.382 e. The Kier molecular flexibility index (Phi) is 6.80. The topological polar surface area (TPSA) is 54.5 Å². The van der Waals surface area contributed by atoms with Crippen LogP contribution in [-0.4, -0.2) is 49.3 Å². The molecule has 1 rings (SSSR count). The van der Waals surface area contributed by atoms with E-state index in [0.717, 1.165) is 18.5 Å². The van der Waals surface area contributed by atoms with Gasteiger partial charge in [0.05, 0.1) is 17.3 Å². The van der Waals surface area contributed by atoms with Gasteiger partial charge in [0, 0.05) is 38.5 Å². The van der Waals surface area contributed by atoms with Gasteiger partial charge in [-0.25, -0.2) is 9.78 Å². The van der Waals surface area contributed by atoms with E-state index in [0.29, 0.717) is 13.1 Å². The molecule has 1 atom stereocenters. The lowest BCUT2D eigenvalue weighted by Gasteiger charge is -2.18. The van der Waals surface area contributed by atoms with Crippen molar-refractivity contribution in [2.75, 3.05) is 27.2 Å². The molecule has 0 aliphatic carbocycles. The zero-order chi connectivity index (χ0) is 14.3. The van der Waals surface area contributed by atoms with Crippen LogP contribution in [0.2, 0.25) is 0 Å². The number of thiazole rings is 1. The Bertz CT molecular complexity index is 395. The smallest absolute Gasteiger partial charge is 0.317 e. The fraction of sp³-hybridized carbons (Fsp3) is 0.692. The number of aryl methyl sites for hydroxylation is 1. The molecule has 2 amide bonds. The standard InChI is InChI=1S/C13H23N3O2S/c1-10(18-4)5-7-14-13(17)16(3)8-6-12-11(2)15-9-19-12/h9-10H,5-8H2,1-4H3,(H,14,17)/t10-/m1/s1. The molecule has 0 saturated carbocycles. The third-order valence-electron chi connectivity index (χ3n) is 3.10. The predicted octanol–water partition coefficient (Wildman–Crippen LogP) is 2.06. The van der Waals surface area contributed by atoms with Gasteiger partial charge in [-0.2, -0.15) is 0 Å². The number of nitrogens with one attached hydrogen (secondary N) is 1. The second-order valence-corrected chi connectivity index (χ2v) is 5.54. The number of hydrogen-bond acceptors (Lipinski definition) is 4. The summed E-state index contributed by atoms with van der Waals surface area (Å²) in [4.78, 5) is 19.0. The highest BCUT2D eigenvalue weighted by atomic mass is 32.1. The molecular formula is C13H23N3O2S. The molecule has 1 N–H and O–H groups in total. The van der Waals surface area contributed by atoms with Crippen molar-refractivity contribution in [2.45, 2.75) is 32.8 Å². The molecule has 108 valence electrons. The number of likely N-dealkylation sites (N-methyl/N-ethyl adjacent to an activating group) is 1. The van der Waals surface area contributed by atoms with Crippen LogP contribution in [0.15, 0.2) is 5.51 Å². The van der Waals surface area contributed by atoms with E-state index in [-0.39, 0.29) is 12.1 Å². The largest absolute Gasteiger partial charge is 0.382 e. The van der Waals surface area contributed by atoms with Crippen LogP contribution in [0.4, 0.5) is 4.79 Å². The maximum atomic E-state index is 11.8. The average Bonchev–Trinajstić information content (AvgIpc) is 2.81. The van der Waals surface area contributed by atoms with Gasteiger partial charge in [0.15, 0.2) is 0 Å². The molecule has 0 radical (unpaired) electrons. The number of nitrogens with zero attached hydrogens (tertiary/aromatic N) is 2. The van der Waals surface area contributed by atoms with Crippen molar-refractivity contribution in [1.29, 1.82) is 0 Å². The van der Waals surface area contributed by atoms with Gasteiger partial charge in [0.25, 0.3) is 0 Å². The number of urea groups is 1. The molecule has 0 fully saturated rings. The molecule has 0 saturated heterocycles. The molecule has 0 aliphatic rings. The highest BCUT2D eigenvalue weighted by molar-refractivity contribution is 7.09. The number of ether oxygens (including phenoxy) is 1. The number of rotatable bonds is 7. The van der Waals surface area contributed by atoms with Crippen LogP contribution >= 0.6 is 11.3 Å². The summed E-state index contributed by atoms with van der Waals surface area (Å²) in [7, 11) is 3.49. The van der Waals surface area contributed by atoms with Crippen LogP contribution in [0, 0.1) is 6.92 Å². The number of hydrogen-bond donors (Lipinski definition) is 1. The predicted molar refractivity (Wildman–Crippen MR) is 77.7 cm³/mol. The third kappa shape index (κ3) is 5.57. The first-order chi connectivity index (χ1) is 9.04. The van der Waals surface area contributed by atoms with E-state index in [9.17, 15) is 4.79 Å². The van der Waals surface area contributed by atoms with E-state index in [2.05, 4.69) is 10.3 Å². The summed E-state index contributed by atoms with van der Waals surface area (Å²) in [6.07, 6.45) is 1.85. The van der Waals surface area contributed by atoms with E-state index in [1.54, 1.807) is 23.3 Å². The number of carbonyl (C=O) groups is 1. The second kappa shape index (κ2) is 8.12. The van der Waals surface area contributed by atoms with Gasteiger partial charge < -0.3 is 15.0 Å². The normalized spacial score (nSPS) is 12.2. The Morgan fingerprint density at radius 1 is 1.63 bits per heavy atom. The highest BCUT2D eigenvalue weighted by Crippen LogP contribution is 2.12. The zero-order valence-corrected chi connectivity index (χ0v) is 12.9. The molecule has 6 heteroatoms. The van der Waals surface area contributed by atoms with Crippen molar-refractivity contribution in [3.05, 3.63) is 16.1 Å². The average molecular weight is 285 g/mol. The monoisotopic (exact) mass is 285 g/mol. The fourth-order valence-corrected chi connectivity index (χ4v) is 2.34. The summed E-state index contributed by atoms with van der Waals surface area (Å²) in [5.74, 6) is 0. The maximum Gasteiger partial charge on any atom is 0.317 e. The molecule has 0 aliphatic heterocycles.